The van der Waals surface area contributed by atoms with E-state index in [0.29, 0.717) is 0 Å². The van der Waals surface area contributed by atoms with Crippen molar-refractivity contribution < 1.29 is 57.2 Å². The molecule has 0 spiro atoms. The molecule has 0 aromatic heterocycles. The Bertz CT molecular complexity index is 1040. The first kappa shape index (κ1) is 28.3. The summed E-state index contributed by atoms with van der Waals surface area (Å²) in [5.41, 5.74) is 2.36. The molecule has 0 fully saturated rings. The fraction of sp³-hybridized carbons (Fsp3) is 0.294. The van der Waals surface area contributed by atoms with Crippen molar-refractivity contribution in [2.75, 3.05) is 7.11 Å². The van der Waals surface area contributed by atoms with Crippen LogP contribution in [0.4, 0.5) is 39.5 Å². The number of ether oxygens (including phenoxy) is 1. The van der Waals surface area contributed by atoms with Crippen molar-refractivity contribution >= 4 is 32.7 Å². The van der Waals surface area contributed by atoms with Crippen molar-refractivity contribution in [1.82, 2.24) is 0 Å². The lowest BCUT2D eigenvalue weighted by molar-refractivity contribution is -0.382. The predicted octanol–water partition coefficient (Wildman–Crippen LogP) is 6.27. The zero-order chi connectivity index (χ0) is 25.2. The Morgan fingerprint density at radius 2 is 1.22 bits per heavy atom. The molecule has 0 unspecified atom stereocenters. The summed E-state index contributed by atoms with van der Waals surface area (Å²) in [5, 5.41) is -7.00. The Labute approximate surface area is 189 Å². The lowest BCUT2D eigenvalue weighted by Gasteiger charge is -2.31. The third-order valence-electron chi connectivity index (χ3n) is 3.71. The summed E-state index contributed by atoms with van der Waals surface area (Å²) in [4.78, 5) is 0. The summed E-state index contributed by atoms with van der Waals surface area (Å²) in [5.74, 6) is -13.8. The largest absolute Gasteiger partial charge is 0.496 e. The van der Waals surface area contributed by atoms with E-state index in [2.05, 4.69) is 40.8 Å². The molecule has 0 atom stereocenters. The standard InChI is InChI=1S/C13H11IO.C4HF9O3S/c1-15-13-9-5-3-7-11(13)10-6-2-4-8-12(10)14;5-1(6,3(9,10)11)2(7,8)4(12,13)17(14,15)16/h2-9H,1H3;(H,14,15,16). The Morgan fingerprint density at radius 3 is 1.62 bits per heavy atom. The third-order valence-corrected chi connectivity index (χ3v) is 5.56. The van der Waals surface area contributed by atoms with Gasteiger partial charge in [0.1, 0.15) is 5.75 Å². The SMILES string of the molecule is COc1ccccc1-c1ccccc1I.O=S(=O)(O)C(F)(F)C(F)(F)C(F)(F)C(F)(F)F. The number of halogens is 10. The first-order valence-corrected chi connectivity index (χ1v) is 10.4. The maximum Gasteiger partial charge on any atom is 0.460 e. The van der Waals surface area contributed by atoms with E-state index in [0.717, 1.165) is 11.3 Å². The number of alkyl halides is 9. The third kappa shape index (κ3) is 5.41. The van der Waals surface area contributed by atoms with E-state index in [1.165, 1.54) is 9.13 Å². The van der Waals surface area contributed by atoms with Crippen molar-refractivity contribution in [3.05, 3.63) is 52.1 Å². The van der Waals surface area contributed by atoms with Crippen LogP contribution in [0.1, 0.15) is 0 Å². The van der Waals surface area contributed by atoms with E-state index < -0.39 is 33.4 Å². The molecule has 2 aromatic rings. The summed E-state index contributed by atoms with van der Waals surface area (Å²) in [6, 6.07) is 16.4. The molecular weight excluding hydrogens is 598 g/mol. The number of hydrogen-bond donors (Lipinski definition) is 1. The summed E-state index contributed by atoms with van der Waals surface area (Å²) in [6.07, 6.45) is -7.13. The van der Waals surface area contributed by atoms with Gasteiger partial charge in [-0.1, -0.05) is 36.4 Å². The quantitative estimate of drug-likeness (QED) is 0.247. The molecule has 0 aliphatic carbocycles. The van der Waals surface area contributed by atoms with E-state index in [4.69, 9.17) is 9.29 Å². The zero-order valence-corrected chi connectivity index (χ0v) is 18.5. The van der Waals surface area contributed by atoms with Gasteiger partial charge in [0.05, 0.1) is 7.11 Å². The first-order chi connectivity index (χ1) is 14.3. The van der Waals surface area contributed by atoms with Crippen molar-refractivity contribution in [2.45, 2.75) is 23.3 Å². The van der Waals surface area contributed by atoms with Crippen LogP contribution in [0.15, 0.2) is 48.5 Å². The van der Waals surface area contributed by atoms with E-state index in [1.54, 1.807) is 7.11 Å². The minimum absolute atomic E-state index is 0.918. The molecule has 180 valence electrons. The lowest BCUT2D eigenvalue weighted by atomic mass is 10.1. The summed E-state index contributed by atoms with van der Waals surface area (Å²) >= 11 is 2.34. The van der Waals surface area contributed by atoms with Crippen molar-refractivity contribution in [3.8, 4) is 16.9 Å². The van der Waals surface area contributed by atoms with E-state index in [-0.39, 0.29) is 0 Å². The number of benzene rings is 2. The topological polar surface area (TPSA) is 63.6 Å². The van der Waals surface area contributed by atoms with Crippen LogP contribution in [-0.2, 0) is 10.1 Å². The van der Waals surface area contributed by atoms with Crippen molar-refractivity contribution in [3.63, 3.8) is 0 Å². The van der Waals surface area contributed by atoms with Crippen LogP contribution in [-0.4, -0.2) is 43.4 Å². The second kappa shape index (κ2) is 9.62. The highest BCUT2D eigenvalue weighted by Crippen LogP contribution is 2.54. The van der Waals surface area contributed by atoms with Gasteiger partial charge in [-0.2, -0.15) is 47.9 Å². The predicted molar refractivity (Wildman–Crippen MR) is 104 cm³/mol. The number of methoxy groups -OCH3 is 1. The highest BCUT2D eigenvalue weighted by atomic mass is 127. The maximum absolute atomic E-state index is 12.2. The average Bonchev–Trinajstić information content (AvgIpc) is 2.67. The van der Waals surface area contributed by atoms with Crippen LogP contribution >= 0.6 is 22.6 Å². The Kier molecular flexibility index (Phi) is 8.51. The molecule has 15 heteroatoms. The number of hydrogen-bond acceptors (Lipinski definition) is 3. The fourth-order valence-corrected chi connectivity index (χ4v) is 3.20. The van der Waals surface area contributed by atoms with Crippen LogP contribution in [0.3, 0.4) is 0 Å². The highest BCUT2D eigenvalue weighted by Gasteiger charge is 2.85. The average molecular weight is 610 g/mol. The zero-order valence-electron chi connectivity index (χ0n) is 15.5. The van der Waals surface area contributed by atoms with Crippen molar-refractivity contribution in [1.29, 1.82) is 0 Å². The summed E-state index contributed by atoms with van der Waals surface area (Å²) in [7, 11) is -5.46. The Hall–Kier alpha value is -1.75. The maximum atomic E-state index is 12.2. The molecule has 0 saturated heterocycles. The molecule has 0 aliphatic heterocycles. The molecule has 0 amide bonds. The number of para-hydroxylation sites is 1. The molecule has 0 bridgehead atoms. The van der Waals surface area contributed by atoms with Gasteiger partial charge in [-0.15, -0.1) is 0 Å². The molecule has 32 heavy (non-hydrogen) atoms. The smallest absolute Gasteiger partial charge is 0.460 e. The molecule has 2 rings (SSSR count). The van der Waals surface area contributed by atoms with Crippen molar-refractivity contribution in [2.24, 2.45) is 0 Å². The molecule has 1 N–H and O–H groups in total. The van der Waals surface area contributed by atoms with Crippen LogP contribution in [0, 0.1) is 3.57 Å². The minimum atomic E-state index is -7.37. The summed E-state index contributed by atoms with van der Waals surface area (Å²) < 4.78 is 141. The highest BCUT2D eigenvalue weighted by molar-refractivity contribution is 14.1. The molecule has 0 heterocycles. The van der Waals surface area contributed by atoms with E-state index in [9.17, 15) is 47.9 Å². The summed E-state index contributed by atoms with van der Waals surface area (Å²) in [6.45, 7) is 0. The van der Waals surface area contributed by atoms with Gasteiger partial charge in [0.2, 0.25) is 0 Å². The van der Waals surface area contributed by atoms with Gasteiger partial charge in [0.25, 0.3) is 0 Å². The second-order valence-electron chi connectivity index (χ2n) is 5.82. The first-order valence-electron chi connectivity index (χ1n) is 7.88. The normalized spacial score (nSPS) is 13.2. The molecule has 0 saturated carbocycles. The van der Waals surface area contributed by atoms with Crippen LogP contribution in [0.5, 0.6) is 5.75 Å². The molecular formula is C17H12F9IO4S. The van der Waals surface area contributed by atoms with Gasteiger partial charge in [0.15, 0.2) is 0 Å². The van der Waals surface area contributed by atoms with Gasteiger partial charge >= 0.3 is 33.4 Å². The van der Waals surface area contributed by atoms with Crippen LogP contribution in [0.25, 0.3) is 11.1 Å². The number of rotatable bonds is 5. The second-order valence-corrected chi connectivity index (χ2v) is 8.44. The molecule has 4 nitrogen and oxygen atoms in total. The minimum Gasteiger partial charge on any atom is -0.496 e. The van der Waals surface area contributed by atoms with E-state index in [1.807, 2.05) is 30.3 Å². The van der Waals surface area contributed by atoms with Crippen LogP contribution < -0.4 is 4.74 Å². The lowest BCUT2D eigenvalue weighted by Crippen LogP contribution is -2.63. The van der Waals surface area contributed by atoms with Gasteiger partial charge in [-0.25, -0.2) is 0 Å². The van der Waals surface area contributed by atoms with Gasteiger partial charge < -0.3 is 4.74 Å². The monoisotopic (exact) mass is 610 g/mol. The fourth-order valence-electron chi connectivity index (χ4n) is 2.07. The molecule has 2 aromatic carbocycles. The van der Waals surface area contributed by atoms with Gasteiger partial charge in [-0.3, -0.25) is 4.55 Å². The van der Waals surface area contributed by atoms with Crippen LogP contribution in [0.2, 0.25) is 0 Å². The van der Waals surface area contributed by atoms with E-state index >= 15 is 0 Å². The Balaban J connectivity index is 0.000000321. The Morgan fingerprint density at radius 1 is 0.781 bits per heavy atom. The van der Waals surface area contributed by atoms with Gasteiger partial charge in [-0.05, 0) is 40.3 Å². The molecule has 0 radical (unpaired) electrons. The molecule has 0 aliphatic rings. The van der Waals surface area contributed by atoms with Gasteiger partial charge in [0, 0.05) is 9.13 Å².